The van der Waals surface area contributed by atoms with E-state index in [0.717, 1.165) is 53.3 Å². The molecule has 190 valence electrons. The van der Waals surface area contributed by atoms with E-state index in [0.29, 0.717) is 17.5 Å². The molecule has 1 fully saturated rings. The normalized spacial score (nSPS) is 21.5. The summed E-state index contributed by atoms with van der Waals surface area (Å²) in [5.74, 6) is 0.900. The van der Waals surface area contributed by atoms with Gasteiger partial charge in [-0.2, -0.15) is 15.3 Å². The minimum absolute atomic E-state index is 0.132. The second kappa shape index (κ2) is 9.97. The number of nitrogens with one attached hydrogen (secondary N) is 1. The molecule has 0 saturated heterocycles. The van der Waals surface area contributed by atoms with Crippen molar-refractivity contribution >= 4 is 35.2 Å². The molecule has 1 N–H and O–H groups in total. The molecule has 2 aromatic rings. The SMILES string of the molecule is CC(C)(C)OC(=O)ON1CC=C(Cl)C=c2[nH]c3c(c21)CN=NC=3C1CCC(Oc2ccccn2)CC1. The number of ether oxygens (including phenoxy) is 2. The third-order valence-electron chi connectivity index (χ3n) is 6.31. The summed E-state index contributed by atoms with van der Waals surface area (Å²) in [6.45, 7) is 6.05. The fraction of sp³-hybridized carbons (Fsp3) is 0.462. The van der Waals surface area contributed by atoms with E-state index in [1.165, 1.54) is 5.06 Å². The average molecular weight is 512 g/mol. The van der Waals surface area contributed by atoms with Crippen LogP contribution in [0.3, 0.4) is 0 Å². The number of aromatic nitrogens is 2. The maximum atomic E-state index is 12.5. The number of rotatable bonds is 4. The van der Waals surface area contributed by atoms with E-state index in [2.05, 4.69) is 20.2 Å². The number of anilines is 1. The molecule has 0 radical (unpaired) electrons. The molecular weight excluding hydrogens is 482 g/mol. The predicted octanol–water partition coefficient (Wildman–Crippen LogP) is 4.71. The van der Waals surface area contributed by atoms with Crippen molar-refractivity contribution in [1.29, 1.82) is 0 Å². The fourth-order valence-corrected chi connectivity index (χ4v) is 4.95. The van der Waals surface area contributed by atoms with Crippen LogP contribution in [-0.2, 0) is 16.1 Å². The molecule has 0 aromatic carbocycles. The molecule has 0 unspecified atom stereocenters. The molecular formula is C26H30ClN5O4. The number of hydroxylamine groups is 1. The molecule has 4 heterocycles. The maximum absolute atomic E-state index is 12.5. The number of allylic oxidation sites excluding steroid dienone is 1. The number of hydrogen-bond donors (Lipinski definition) is 1. The Morgan fingerprint density at radius 3 is 2.72 bits per heavy atom. The van der Waals surface area contributed by atoms with E-state index in [4.69, 9.17) is 25.9 Å². The number of carbonyl (C=O) groups is 1. The van der Waals surface area contributed by atoms with Crippen molar-refractivity contribution < 1.29 is 19.1 Å². The maximum Gasteiger partial charge on any atom is 0.533 e. The Kier molecular flexibility index (Phi) is 6.75. The lowest BCUT2D eigenvalue weighted by molar-refractivity contribution is -0.0116. The van der Waals surface area contributed by atoms with E-state index < -0.39 is 11.8 Å². The van der Waals surface area contributed by atoms with Gasteiger partial charge in [-0.15, -0.1) is 0 Å². The lowest BCUT2D eigenvalue weighted by atomic mass is 9.84. The van der Waals surface area contributed by atoms with E-state index in [1.807, 2.05) is 24.3 Å². The van der Waals surface area contributed by atoms with E-state index in [9.17, 15) is 4.79 Å². The number of nitrogens with zero attached hydrogens (tertiary/aromatic N) is 4. The van der Waals surface area contributed by atoms with Gasteiger partial charge in [0.2, 0.25) is 5.88 Å². The topological polar surface area (TPSA) is 101 Å². The first-order valence-corrected chi connectivity index (χ1v) is 12.6. The molecule has 0 amide bonds. The van der Waals surface area contributed by atoms with Gasteiger partial charge in [0.05, 0.1) is 29.5 Å². The van der Waals surface area contributed by atoms with Crippen LogP contribution in [0.2, 0.25) is 0 Å². The number of azo groups is 1. The number of halogens is 1. The first-order valence-electron chi connectivity index (χ1n) is 12.2. The van der Waals surface area contributed by atoms with Crippen molar-refractivity contribution in [3.05, 3.63) is 51.8 Å². The Bertz CT molecular complexity index is 1300. The number of aromatic amines is 1. The van der Waals surface area contributed by atoms with Crippen LogP contribution in [-0.4, -0.2) is 34.4 Å². The van der Waals surface area contributed by atoms with Gasteiger partial charge in [0, 0.05) is 28.8 Å². The van der Waals surface area contributed by atoms with E-state index in [-0.39, 0.29) is 18.6 Å². The summed E-state index contributed by atoms with van der Waals surface area (Å²) in [5, 5.41) is 12.7. The molecule has 0 bridgehead atoms. The van der Waals surface area contributed by atoms with Gasteiger partial charge in [0.1, 0.15) is 17.4 Å². The number of pyridine rings is 1. The highest BCUT2D eigenvalue weighted by Crippen LogP contribution is 2.34. The van der Waals surface area contributed by atoms with Crippen molar-refractivity contribution in [2.45, 2.75) is 64.7 Å². The summed E-state index contributed by atoms with van der Waals surface area (Å²) in [7, 11) is 0. The van der Waals surface area contributed by atoms with Gasteiger partial charge in [-0.05, 0) is 64.7 Å². The monoisotopic (exact) mass is 511 g/mol. The van der Waals surface area contributed by atoms with Crippen LogP contribution in [0.25, 0.3) is 11.8 Å². The van der Waals surface area contributed by atoms with Crippen LogP contribution >= 0.6 is 11.6 Å². The van der Waals surface area contributed by atoms with Gasteiger partial charge >= 0.3 is 6.16 Å². The van der Waals surface area contributed by atoms with Gasteiger partial charge in [-0.1, -0.05) is 17.7 Å². The summed E-state index contributed by atoms with van der Waals surface area (Å²) in [5.41, 5.74) is 1.91. The van der Waals surface area contributed by atoms with E-state index >= 15 is 0 Å². The summed E-state index contributed by atoms with van der Waals surface area (Å²) in [4.78, 5) is 25.9. The third kappa shape index (κ3) is 5.41. The van der Waals surface area contributed by atoms with Crippen LogP contribution in [0.4, 0.5) is 10.5 Å². The zero-order valence-corrected chi connectivity index (χ0v) is 21.4. The van der Waals surface area contributed by atoms with Crippen LogP contribution < -0.4 is 20.5 Å². The molecule has 0 atom stereocenters. The third-order valence-corrected chi connectivity index (χ3v) is 6.57. The lowest BCUT2D eigenvalue weighted by Crippen LogP contribution is -2.34. The summed E-state index contributed by atoms with van der Waals surface area (Å²) >= 11 is 6.40. The van der Waals surface area contributed by atoms with Crippen molar-refractivity contribution in [2.24, 2.45) is 16.1 Å². The quantitative estimate of drug-likeness (QED) is 0.596. The molecule has 36 heavy (non-hydrogen) atoms. The van der Waals surface area contributed by atoms with Gasteiger partial charge in [-0.25, -0.2) is 9.78 Å². The summed E-state index contributed by atoms with van der Waals surface area (Å²) in [6.07, 6.45) is 8.39. The van der Waals surface area contributed by atoms with Gasteiger partial charge in [0.25, 0.3) is 0 Å². The Morgan fingerprint density at radius 1 is 1.19 bits per heavy atom. The molecule has 9 nitrogen and oxygen atoms in total. The van der Waals surface area contributed by atoms with Crippen LogP contribution in [0, 0.1) is 5.92 Å². The molecule has 3 aliphatic rings. The molecule has 0 spiro atoms. The molecule has 2 aliphatic heterocycles. The Balaban J connectivity index is 1.41. The van der Waals surface area contributed by atoms with Crippen molar-refractivity contribution in [3.8, 4) is 5.88 Å². The smallest absolute Gasteiger partial charge is 0.474 e. The van der Waals surface area contributed by atoms with Gasteiger partial charge in [0.15, 0.2) is 0 Å². The largest absolute Gasteiger partial charge is 0.533 e. The molecule has 1 aliphatic carbocycles. The zero-order chi connectivity index (χ0) is 25.3. The second-order valence-corrected chi connectivity index (χ2v) is 10.6. The molecule has 10 heteroatoms. The molecule has 1 saturated carbocycles. The molecule has 2 aromatic heterocycles. The van der Waals surface area contributed by atoms with Gasteiger partial charge < -0.3 is 19.3 Å². The van der Waals surface area contributed by atoms with Crippen LogP contribution in [0.5, 0.6) is 5.88 Å². The van der Waals surface area contributed by atoms with Crippen molar-refractivity contribution in [3.63, 3.8) is 0 Å². The van der Waals surface area contributed by atoms with E-state index in [1.54, 1.807) is 33.0 Å². The predicted molar refractivity (Wildman–Crippen MR) is 136 cm³/mol. The molecule has 5 rings (SSSR count). The summed E-state index contributed by atoms with van der Waals surface area (Å²) in [6, 6.07) is 5.69. The van der Waals surface area contributed by atoms with Crippen LogP contribution in [0.15, 0.2) is 45.7 Å². The first-order chi connectivity index (χ1) is 17.3. The standard InChI is InChI=1S/C26H30ClN5O4/c1-26(2,3)35-25(33)36-32-13-11-17(27)14-20-24(32)19-15-29-31-22(23(19)30-20)16-7-9-18(10-8-16)34-21-6-4-5-12-28-21/h4-6,11-12,14,16,18,30H,7-10,13,15H2,1-3H3. The highest BCUT2D eigenvalue weighted by Gasteiger charge is 2.31. The van der Waals surface area contributed by atoms with Crippen molar-refractivity contribution in [2.75, 3.05) is 11.6 Å². The second-order valence-electron chi connectivity index (χ2n) is 10.1. The number of fused-ring (bicyclic) bond motifs is 3. The Morgan fingerprint density at radius 2 is 2.00 bits per heavy atom. The number of hydrogen-bond acceptors (Lipinski definition) is 8. The van der Waals surface area contributed by atoms with Crippen molar-refractivity contribution in [1.82, 2.24) is 9.97 Å². The van der Waals surface area contributed by atoms with Gasteiger partial charge in [-0.3, -0.25) is 0 Å². The minimum Gasteiger partial charge on any atom is -0.474 e. The minimum atomic E-state index is -0.775. The fourth-order valence-electron chi connectivity index (χ4n) is 4.77. The first kappa shape index (κ1) is 24.4. The average Bonchev–Trinajstić information content (AvgIpc) is 3.12. The van der Waals surface area contributed by atoms with Crippen LogP contribution in [0.1, 0.15) is 52.0 Å². The lowest BCUT2D eigenvalue weighted by Gasteiger charge is -2.29. The Hall–Kier alpha value is -3.33. The summed E-state index contributed by atoms with van der Waals surface area (Å²) < 4.78 is 11.4. The Labute approximate surface area is 214 Å². The number of carbonyl (C=O) groups excluding carboxylic acids is 1. The highest BCUT2D eigenvalue weighted by atomic mass is 35.5. The highest BCUT2D eigenvalue weighted by molar-refractivity contribution is 6.34. The number of H-pyrrole nitrogens is 1. The zero-order valence-electron chi connectivity index (χ0n) is 20.7.